The Morgan fingerprint density at radius 1 is 0.960 bits per heavy atom. The van der Waals surface area contributed by atoms with Gasteiger partial charge in [-0.3, -0.25) is 14.6 Å². The van der Waals surface area contributed by atoms with Gasteiger partial charge in [-0.2, -0.15) is 0 Å². The first-order valence-corrected chi connectivity index (χ1v) is 7.87. The van der Waals surface area contributed by atoms with Crippen molar-refractivity contribution in [2.45, 2.75) is 13.3 Å². The second-order valence-corrected chi connectivity index (χ2v) is 5.34. The molecule has 1 aromatic carbocycles. The van der Waals surface area contributed by atoms with E-state index >= 15 is 0 Å². The highest BCUT2D eigenvalue weighted by molar-refractivity contribution is 6.06. The summed E-state index contributed by atoms with van der Waals surface area (Å²) in [5, 5.41) is 5.50. The molecule has 2 heterocycles. The van der Waals surface area contributed by atoms with Crippen molar-refractivity contribution in [3.63, 3.8) is 0 Å². The molecule has 25 heavy (non-hydrogen) atoms. The number of hydrogen-bond acceptors (Lipinski definition) is 4. The molecule has 3 rings (SSSR count). The summed E-state index contributed by atoms with van der Waals surface area (Å²) < 4.78 is 5.43. The molecular weight excluding hydrogens is 318 g/mol. The number of anilines is 2. The largest absolute Gasteiger partial charge is 0.456 e. The Kier molecular flexibility index (Phi) is 4.89. The smallest absolute Gasteiger partial charge is 0.291 e. The normalized spacial score (nSPS) is 10.3. The Balaban J connectivity index is 1.70. The van der Waals surface area contributed by atoms with E-state index in [9.17, 15) is 9.59 Å². The third-order valence-electron chi connectivity index (χ3n) is 3.55. The number of nitrogens with one attached hydrogen (secondary N) is 2. The van der Waals surface area contributed by atoms with Crippen LogP contribution in [0.25, 0.3) is 0 Å². The average Bonchev–Trinajstić information content (AvgIpc) is 3.12. The van der Waals surface area contributed by atoms with Crippen LogP contribution in [0.2, 0.25) is 0 Å². The molecule has 0 spiro atoms. The van der Waals surface area contributed by atoms with E-state index in [2.05, 4.69) is 15.6 Å². The summed E-state index contributed by atoms with van der Waals surface area (Å²) in [7, 11) is 0. The maximum absolute atomic E-state index is 12.3. The Morgan fingerprint density at radius 2 is 1.72 bits per heavy atom. The third kappa shape index (κ3) is 4.11. The number of amides is 2. The van der Waals surface area contributed by atoms with Gasteiger partial charge in [-0.05, 0) is 42.5 Å². The molecule has 2 N–H and O–H groups in total. The summed E-state index contributed by atoms with van der Waals surface area (Å²) in [5.41, 5.74) is 1.60. The van der Waals surface area contributed by atoms with Crippen molar-refractivity contribution in [1.82, 2.24) is 4.98 Å². The maximum atomic E-state index is 12.3. The van der Waals surface area contributed by atoms with E-state index < -0.39 is 0 Å². The minimum absolute atomic E-state index is 0.239. The lowest BCUT2D eigenvalue weighted by atomic mass is 10.2. The van der Waals surface area contributed by atoms with Crippen LogP contribution in [0.5, 0.6) is 0 Å². The number of hydrogen-bond donors (Lipinski definition) is 2. The summed E-state index contributed by atoms with van der Waals surface area (Å²) in [6.07, 6.45) is 3.91. The number of carbonyl (C=O) groups excluding carboxylic acids is 2. The topological polar surface area (TPSA) is 84.2 Å². The zero-order valence-corrected chi connectivity index (χ0v) is 13.7. The minimum Gasteiger partial charge on any atom is -0.456 e. The van der Waals surface area contributed by atoms with E-state index in [1.807, 2.05) is 6.92 Å². The van der Waals surface area contributed by atoms with Gasteiger partial charge in [0, 0.05) is 35.8 Å². The first kappa shape index (κ1) is 16.4. The first-order valence-electron chi connectivity index (χ1n) is 7.87. The van der Waals surface area contributed by atoms with Crippen LogP contribution >= 0.6 is 0 Å². The Labute approximate surface area is 144 Å². The van der Waals surface area contributed by atoms with Gasteiger partial charge in [-0.1, -0.05) is 13.0 Å². The molecule has 0 saturated heterocycles. The number of aryl methyl sites for hydroxylation is 1. The summed E-state index contributed by atoms with van der Waals surface area (Å²) in [5.74, 6) is 0.360. The van der Waals surface area contributed by atoms with Gasteiger partial charge in [-0.25, -0.2) is 0 Å². The number of carbonyl (C=O) groups is 2. The molecule has 0 aliphatic heterocycles. The molecule has 0 bridgehead atoms. The van der Waals surface area contributed by atoms with Gasteiger partial charge < -0.3 is 15.1 Å². The molecule has 0 unspecified atom stereocenters. The third-order valence-corrected chi connectivity index (χ3v) is 3.55. The molecule has 0 radical (unpaired) electrons. The molecule has 0 aliphatic rings. The summed E-state index contributed by atoms with van der Waals surface area (Å²) >= 11 is 0. The van der Waals surface area contributed by atoms with E-state index in [-0.39, 0.29) is 17.6 Å². The van der Waals surface area contributed by atoms with Gasteiger partial charge in [0.15, 0.2) is 5.76 Å². The van der Waals surface area contributed by atoms with E-state index in [1.54, 1.807) is 60.9 Å². The Bertz CT molecular complexity index is 888. The minimum atomic E-state index is -0.355. The lowest BCUT2D eigenvalue weighted by Gasteiger charge is -2.07. The van der Waals surface area contributed by atoms with Crippen LogP contribution in [-0.4, -0.2) is 16.8 Å². The van der Waals surface area contributed by atoms with Crippen molar-refractivity contribution < 1.29 is 14.0 Å². The number of nitrogens with zero attached hydrogens (tertiary/aromatic N) is 1. The molecule has 0 fully saturated rings. The molecule has 2 amide bonds. The van der Waals surface area contributed by atoms with Crippen molar-refractivity contribution in [2.24, 2.45) is 0 Å². The van der Waals surface area contributed by atoms with Crippen molar-refractivity contribution in [3.8, 4) is 0 Å². The Hall–Kier alpha value is -3.41. The highest BCUT2D eigenvalue weighted by Crippen LogP contribution is 2.15. The number of furan rings is 1. The number of aromatic nitrogens is 1. The van der Waals surface area contributed by atoms with Crippen molar-refractivity contribution in [3.05, 3.63) is 78.0 Å². The highest BCUT2D eigenvalue weighted by atomic mass is 16.3. The zero-order valence-electron chi connectivity index (χ0n) is 13.7. The van der Waals surface area contributed by atoms with E-state index in [0.717, 1.165) is 12.2 Å². The predicted molar refractivity (Wildman–Crippen MR) is 94.7 cm³/mol. The van der Waals surface area contributed by atoms with E-state index in [0.29, 0.717) is 16.9 Å². The fourth-order valence-electron chi connectivity index (χ4n) is 2.26. The van der Waals surface area contributed by atoms with Gasteiger partial charge in [0.25, 0.3) is 11.8 Å². The molecule has 2 aromatic heterocycles. The zero-order chi connectivity index (χ0) is 17.6. The van der Waals surface area contributed by atoms with Gasteiger partial charge in [0.05, 0.1) is 0 Å². The number of benzene rings is 1. The van der Waals surface area contributed by atoms with Crippen LogP contribution in [0.4, 0.5) is 11.4 Å². The van der Waals surface area contributed by atoms with Gasteiger partial charge in [0.2, 0.25) is 0 Å². The summed E-state index contributed by atoms with van der Waals surface area (Å²) in [4.78, 5) is 28.4. The first-order chi connectivity index (χ1) is 12.2. The second kappa shape index (κ2) is 7.44. The lowest BCUT2D eigenvalue weighted by molar-refractivity contribution is 0.0992. The number of rotatable bonds is 5. The molecule has 0 atom stereocenters. The highest BCUT2D eigenvalue weighted by Gasteiger charge is 2.12. The monoisotopic (exact) mass is 335 g/mol. The van der Waals surface area contributed by atoms with Crippen molar-refractivity contribution in [2.75, 3.05) is 10.6 Å². The molecule has 0 saturated carbocycles. The molecule has 0 aliphatic carbocycles. The number of pyridine rings is 1. The fraction of sp³-hybridized carbons (Fsp3) is 0.105. The predicted octanol–water partition coefficient (Wildman–Crippen LogP) is 3.74. The maximum Gasteiger partial charge on any atom is 0.291 e. The standard InChI is InChI=1S/C19H17N3O3/c1-2-16-6-7-17(25-16)19(24)22-15-5-3-4-13(12-15)18(23)21-14-8-10-20-11-9-14/h3-12H,2H2,1H3,(H,22,24)(H,20,21,23). The van der Waals surface area contributed by atoms with Crippen LogP contribution in [0.1, 0.15) is 33.6 Å². The molecular formula is C19H17N3O3. The van der Waals surface area contributed by atoms with Crippen LogP contribution < -0.4 is 10.6 Å². The fourth-order valence-corrected chi connectivity index (χ4v) is 2.26. The quantitative estimate of drug-likeness (QED) is 0.744. The Morgan fingerprint density at radius 3 is 2.44 bits per heavy atom. The summed E-state index contributed by atoms with van der Waals surface area (Å²) in [6, 6.07) is 13.5. The van der Waals surface area contributed by atoms with Crippen LogP contribution in [0.3, 0.4) is 0 Å². The molecule has 6 heteroatoms. The van der Waals surface area contributed by atoms with Gasteiger partial charge >= 0.3 is 0 Å². The SMILES string of the molecule is CCc1ccc(C(=O)Nc2cccc(C(=O)Nc3ccncc3)c2)o1. The molecule has 3 aromatic rings. The van der Waals surface area contributed by atoms with Gasteiger partial charge in [-0.15, -0.1) is 0 Å². The van der Waals surface area contributed by atoms with Crippen LogP contribution in [0.15, 0.2) is 65.3 Å². The van der Waals surface area contributed by atoms with Crippen molar-refractivity contribution >= 4 is 23.2 Å². The molecule has 126 valence electrons. The second-order valence-electron chi connectivity index (χ2n) is 5.34. The van der Waals surface area contributed by atoms with Gasteiger partial charge in [0.1, 0.15) is 5.76 Å². The molecule has 6 nitrogen and oxygen atoms in total. The van der Waals surface area contributed by atoms with E-state index in [1.165, 1.54) is 0 Å². The average molecular weight is 335 g/mol. The lowest BCUT2D eigenvalue weighted by Crippen LogP contribution is -2.14. The van der Waals surface area contributed by atoms with Crippen LogP contribution in [-0.2, 0) is 6.42 Å². The van der Waals surface area contributed by atoms with Crippen LogP contribution in [0, 0.1) is 0 Å². The summed E-state index contributed by atoms with van der Waals surface area (Å²) in [6.45, 7) is 1.95. The van der Waals surface area contributed by atoms with E-state index in [4.69, 9.17) is 4.42 Å². The van der Waals surface area contributed by atoms with Crippen molar-refractivity contribution in [1.29, 1.82) is 0 Å².